The summed E-state index contributed by atoms with van der Waals surface area (Å²) in [4.78, 5) is 4.46. The third kappa shape index (κ3) is 5.06. The average molecular weight is 309 g/mol. The van der Waals surface area contributed by atoms with Gasteiger partial charge in [0.05, 0.1) is 6.20 Å². The van der Waals surface area contributed by atoms with Gasteiger partial charge in [-0.3, -0.25) is 0 Å². The molecule has 0 spiro atoms. The first-order valence-electron chi connectivity index (χ1n) is 8.29. The van der Waals surface area contributed by atoms with Gasteiger partial charge in [-0.05, 0) is 37.7 Å². The fourth-order valence-corrected chi connectivity index (χ4v) is 2.72. The third-order valence-electron chi connectivity index (χ3n) is 3.99. The van der Waals surface area contributed by atoms with Crippen LogP contribution in [-0.2, 0) is 6.54 Å². The van der Waals surface area contributed by atoms with E-state index in [1.165, 1.54) is 31.2 Å². The Bertz CT molecular complexity index is 639. The summed E-state index contributed by atoms with van der Waals surface area (Å²) in [6, 6.07) is 10.2. The molecule has 0 atom stereocenters. The number of nitrogens with zero attached hydrogens (tertiary/aromatic N) is 3. The fourth-order valence-electron chi connectivity index (χ4n) is 2.72. The van der Waals surface area contributed by atoms with Crippen molar-refractivity contribution >= 4 is 11.8 Å². The molecule has 0 fully saturated rings. The van der Waals surface area contributed by atoms with Gasteiger partial charge < -0.3 is 10.6 Å². The number of rotatable bonds is 7. The lowest BCUT2D eigenvalue weighted by atomic mass is 9.97. The zero-order valence-corrected chi connectivity index (χ0v) is 13.3. The van der Waals surface area contributed by atoms with Gasteiger partial charge in [-0.15, -0.1) is 5.10 Å². The van der Waals surface area contributed by atoms with E-state index in [9.17, 15) is 0 Å². The molecule has 1 aromatic heterocycles. The zero-order valence-electron chi connectivity index (χ0n) is 13.3. The lowest BCUT2D eigenvalue weighted by Crippen LogP contribution is -2.09. The number of benzene rings is 1. The highest BCUT2D eigenvalue weighted by Gasteiger charge is 2.04. The van der Waals surface area contributed by atoms with Crippen LogP contribution in [0.3, 0.4) is 0 Å². The molecule has 0 bridgehead atoms. The molecule has 0 unspecified atom stereocenters. The highest BCUT2D eigenvalue weighted by Crippen LogP contribution is 2.19. The second kappa shape index (κ2) is 8.27. The van der Waals surface area contributed by atoms with Crippen molar-refractivity contribution in [2.75, 3.05) is 17.2 Å². The van der Waals surface area contributed by atoms with Crippen molar-refractivity contribution in [3.8, 4) is 0 Å². The second-order valence-corrected chi connectivity index (χ2v) is 5.79. The molecule has 0 aliphatic heterocycles. The smallest absolute Gasteiger partial charge is 0.244 e. The van der Waals surface area contributed by atoms with Crippen LogP contribution in [0.25, 0.3) is 0 Å². The van der Waals surface area contributed by atoms with Crippen LogP contribution in [0.15, 0.2) is 48.2 Å². The number of hydrogen-bond donors (Lipinski definition) is 2. The van der Waals surface area contributed by atoms with Gasteiger partial charge >= 0.3 is 0 Å². The maximum Gasteiger partial charge on any atom is 0.244 e. The summed E-state index contributed by atoms with van der Waals surface area (Å²) in [5, 5.41) is 14.6. The molecule has 1 heterocycles. The van der Waals surface area contributed by atoms with Crippen LogP contribution in [0.4, 0.5) is 11.8 Å². The molecule has 3 rings (SSSR count). The van der Waals surface area contributed by atoms with Gasteiger partial charge in [0.1, 0.15) is 0 Å². The summed E-state index contributed by atoms with van der Waals surface area (Å²) < 4.78 is 0. The molecule has 0 saturated heterocycles. The zero-order chi connectivity index (χ0) is 15.7. The SMILES string of the molecule is C1=C(CCNc2cnnc(NCc3ccccc3)n2)CCCC1. The van der Waals surface area contributed by atoms with Crippen molar-refractivity contribution in [1.82, 2.24) is 15.2 Å². The summed E-state index contributed by atoms with van der Waals surface area (Å²) in [7, 11) is 0. The molecule has 5 heteroatoms. The molecular weight excluding hydrogens is 286 g/mol. The Kier molecular flexibility index (Phi) is 5.56. The Morgan fingerprint density at radius 3 is 2.78 bits per heavy atom. The van der Waals surface area contributed by atoms with Crippen LogP contribution >= 0.6 is 0 Å². The van der Waals surface area contributed by atoms with Crippen molar-refractivity contribution in [1.29, 1.82) is 0 Å². The monoisotopic (exact) mass is 309 g/mol. The molecule has 0 amide bonds. The van der Waals surface area contributed by atoms with E-state index in [4.69, 9.17) is 0 Å². The maximum absolute atomic E-state index is 4.46. The van der Waals surface area contributed by atoms with Crippen molar-refractivity contribution in [3.05, 3.63) is 53.7 Å². The minimum Gasteiger partial charge on any atom is -0.368 e. The van der Waals surface area contributed by atoms with Gasteiger partial charge in [0.2, 0.25) is 5.95 Å². The van der Waals surface area contributed by atoms with Gasteiger partial charge in [0.25, 0.3) is 0 Å². The molecule has 5 nitrogen and oxygen atoms in total. The summed E-state index contributed by atoms with van der Waals surface area (Å²) in [6.45, 7) is 1.58. The van der Waals surface area contributed by atoms with Crippen LogP contribution in [-0.4, -0.2) is 21.7 Å². The second-order valence-electron chi connectivity index (χ2n) is 5.79. The Balaban J connectivity index is 1.48. The number of nitrogens with one attached hydrogen (secondary N) is 2. The summed E-state index contributed by atoms with van der Waals surface area (Å²) in [6.07, 6.45) is 10.3. The number of anilines is 2. The van der Waals surface area contributed by atoms with Crippen LogP contribution < -0.4 is 10.6 Å². The van der Waals surface area contributed by atoms with Gasteiger partial charge in [-0.1, -0.05) is 42.0 Å². The van der Waals surface area contributed by atoms with Gasteiger partial charge in [-0.2, -0.15) is 10.1 Å². The Morgan fingerprint density at radius 1 is 1.04 bits per heavy atom. The lowest BCUT2D eigenvalue weighted by Gasteiger charge is -2.13. The molecule has 23 heavy (non-hydrogen) atoms. The fraction of sp³-hybridized carbons (Fsp3) is 0.389. The average Bonchev–Trinajstić information content (AvgIpc) is 2.62. The van der Waals surface area contributed by atoms with Crippen molar-refractivity contribution in [2.24, 2.45) is 0 Å². The predicted molar refractivity (Wildman–Crippen MR) is 93.3 cm³/mol. The first-order valence-corrected chi connectivity index (χ1v) is 8.29. The Labute approximate surface area is 137 Å². The lowest BCUT2D eigenvalue weighted by molar-refractivity contribution is 0.679. The minimum absolute atomic E-state index is 0.552. The molecular formula is C18H23N5. The minimum atomic E-state index is 0.552. The van der Waals surface area contributed by atoms with Gasteiger partial charge in [0, 0.05) is 13.1 Å². The molecule has 0 saturated carbocycles. The molecule has 1 aromatic carbocycles. The maximum atomic E-state index is 4.46. The third-order valence-corrected chi connectivity index (χ3v) is 3.99. The molecule has 0 radical (unpaired) electrons. The first-order chi connectivity index (χ1) is 11.4. The van der Waals surface area contributed by atoms with Crippen LogP contribution in [0, 0.1) is 0 Å². The van der Waals surface area contributed by atoms with E-state index in [0.29, 0.717) is 12.5 Å². The molecule has 120 valence electrons. The topological polar surface area (TPSA) is 62.7 Å². The first kappa shape index (κ1) is 15.5. The van der Waals surface area contributed by atoms with E-state index in [2.05, 4.69) is 44.0 Å². The largest absolute Gasteiger partial charge is 0.368 e. The summed E-state index contributed by atoms with van der Waals surface area (Å²) >= 11 is 0. The molecule has 2 N–H and O–H groups in total. The standard InChI is InChI=1S/C18H23N5/c1-3-7-15(8-4-1)11-12-19-17-14-21-23-18(22-17)20-13-16-9-5-2-6-10-16/h2,5-7,9-10,14H,1,3-4,8,11-13H2,(H2,19,20,22,23). The number of aromatic nitrogens is 3. The van der Waals surface area contributed by atoms with E-state index in [-0.39, 0.29) is 0 Å². The van der Waals surface area contributed by atoms with E-state index in [0.717, 1.165) is 18.8 Å². The van der Waals surface area contributed by atoms with Crippen LogP contribution in [0.2, 0.25) is 0 Å². The molecule has 2 aromatic rings. The van der Waals surface area contributed by atoms with Crippen molar-refractivity contribution < 1.29 is 0 Å². The van der Waals surface area contributed by atoms with E-state index >= 15 is 0 Å². The predicted octanol–water partition coefficient (Wildman–Crippen LogP) is 3.79. The highest BCUT2D eigenvalue weighted by molar-refractivity contribution is 5.37. The van der Waals surface area contributed by atoms with Gasteiger partial charge in [0.15, 0.2) is 5.82 Å². The summed E-state index contributed by atoms with van der Waals surface area (Å²) in [5.41, 5.74) is 2.76. The quantitative estimate of drug-likeness (QED) is 0.762. The number of hydrogen-bond acceptors (Lipinski definition) is 5. The molecule has 1 aliphatic carbocycles. The van der Waals surface area contributed by atoms with Crippen LogP contribution in [0.1, 0.15) is 37.7 Å². The van der Waals surface area contributed by atoms with E-state index in [1.807, 2.05) is 18.2 Å². The van der Waals surface area contributed by atoms with E-state index < -0.39 is 0 Å². The van der Waals surface area contributed by atoms with Gasteiger partial charge in [-0.25, -0.2) is 0 Å². The van der Waals surface area contributed by atoms with E-state index in [1.54, 1.807) is 11.8 Å². The normalized spacial score (nSPS) is 14.2. The number of allylic oxidation sites excluding steroid dienone is 1. The highest BCUT2D eigenvalue weighted by atomic mass is 15.3. The molecule has 1 aliphatic rings. The Hall–Kier alpha value is -2.43. The Morgan fingerprint density at radius 2 is 1.96 bits per heavy atom. The van der Waals surface area contributed by atoms with Crippen LogP contribution in [0.5, 0.6) is 0 Å². The van der Waals surface area contributed by atoms with Crippen molar-refractivity contribution in [2.45, 2.75) is 38.6 Å². The summed E-state index contributed by atoms with van der Waals surface area (Å²) in [5.74, 6) is 1.32. The van der Waals surface area contributed by atoms with Crippen molar-refractivity contribution in [3.63, 3.8) is 0 Å².